The van der Waals surface area contributed by atoms with E-state index in [2.05, 4.69) is 14.9 Å². The van der Waals surface area contributed by atoms with Crippen LogP contribution in [0.1, 0.15) is 17.0 Å². The van der Waals surface area contributed by atoms with Gasteiger partial charge in [-0.15, -0.1) is 5.10 Å². The number of sulfonamides is 1. The van der Waals surface area contributed by atoms with Crippen molar-refractivity contribution in [2.45, 2.75) is 32.2 Å². The SMILES string of the molecule is Cc1cccc(S(=O)(=O)NCCn2nc(-n3nc(C)cc3C)ccc2=O)c1. The zero-order chi connectivity index (χ0) is 19.6. The van der Waals surface area contributed by atoms with Crippen molar-refractivity contribution in [3.8, 4) is 5.82 Å². The molecule has 0 fully saturated rings. The molecule has 0 aliphatic rings. The monoisotopic (exact) mass is 387 g/mol. The quantitative estimate of drug-likeness (QED) is 0.688. The Hall–Kier alpha value is -2.78. The molecule has 0 radical (unpaired) electrons. The summed E-state index contributed by atoms with van der Waals surface area (Å²) in [6.07, 6.45) is 0. The number of aromatic nitrogens is 4. The summed E-state index contributed by atoms with van der Waals surface area (Å²) >= 11 is 0. The van der Waals surface area contributed by atoms with Gasteiger partial charge in [0.15, 0.2) is 5.82 Å². The second-order valence-corrected chi connectivity index (χ2v) is 8.07. The predicted molar refractivity (Wildman–Crippen MR) is 101 cm³/mol. The van der Waals surface area contributed by atoms with E-state index in [1.54, 1.807) is 22.9 Å². The Labute approximate surface area is 157 Å². The fraction of sp³-hybridized carbons (Fsp3) is 0.278. The minimum atomic E-state index is -3.64. The Balaban J connectivity index is 1.75. The lowest BCUT2D eigenvalue weighted by molar-refractivity contribution is 0.541. The molecule has 1 aromatic carbocycles. The molecular formula is C18H21N5O3S. The Bertz CT molecular complexity index is 1130. The molecule has 1 N–H and O–H groups in total. The standard InChI is InChI=1S/C18H21N5O3S/c1-13-5-4-6-16(11-13)27(25,26)19-9-10-22-18(24)8-7-17(21-22)23-15(3)12-14(2)20-23/h4-8,11-12,19H,9-10H2,1-3H3. The topological polar surface area (TPSA) is 98.9 Å². The third-order valence-electron chi connectivity index (χ3n) is 3.99. The second-order valence-electron chi connectivity index (χ2n) is 6.31. The normalized spacial score (nSPS) is 11.7. The first-order valence-corrected chi connectivity index (χ1v) is 9.93. The summed E-state index contributed by atoms with van der Waals surface area (Å²) in [4.78, 5) is 12.3. The van der Waals surface area contributed by atoms with Crippen molar-refractivity contribution in [1.82, 2.24) is 24.3 Å². The highest BCUT2D eigenvalue weighted by molar-refractivity contribution is 7.89. The largest absolute Gasteiger partial charge is 0.268 e. The van der Waals surface area contributed by atoms with Gasteiger partial charge in [-0.05, 0) is 50.6 Å². The van der Waals surface area contributed by atoms with E-state index in [9.17, 15) is 13.2 Å². The first-order valence-electron chi connectivity index (χ1n) is 8.44. The van der Waals surface area contributed by atoms with Crippen LogP contribution in [0.25, 0.3) is 5.82 Å². The van der Waals surface area contributed by atoms with Crippen LogP contribution in [0.5, 0.6) is 0 Å². The van der Waals surface area contributed by atoms with Gasteiger partial charge in [0, 0.05) is 18.3 Å². The molecule has 3 rings (SSSR count). The Morgan fingerprint density at radius 3 is 2.48 bits per heavy atom. The van der Waals surface area contributed by atoms with E-state index in [0.29, 0.717) is 5.82 Å². The lowest BCUT2D eigenvalue weighted by Gasteiger charge is -2.10. The van der Waals surface area contributed by atoms with Gasteiger partial charge < -0.3 is 0 Å². The average molecular weight is 387 g/mol. The number of hydrogen-bond acceptors (Lipinski definition) is 5. The highest BCUT2D eigenvalue weighted by atomic mass is 32.2. The maximum absolute atomic E-state index is 12.4. The number of benzene rings is 1. The molecule has 0 aliphatic carbocycles. The van der Waals surface area contributed by atoms with E-state index in [0.717, 1.165) is 17.0 Å². The fourth-order valence-corrected chi connectivity index (χ4v) is 3.85. The van der Waals surface area contributed by atoms with Gasteiger partial charge in [0.05, 0.1) is 17.1 Å². The molecule has 2 aromatic heterocycles. The summed E-state index contributed by atoms with van der Waals surface area (Å²) < 4.78 is 30.1. The summed E-state index contributed by atoms with van der Waals surface area (Å²) in [7, 11) is -3.64. The Morgan fingerprint density at radius 2 is 1.81 bits per heavy atom. The van der Waals surface area contributed by atoms with Gasteiger partial charge >= 0.3 is 0 Å². The van der Waals surface area contributed by atoms with Gasteiger partial charge in [0.25, 0.3) is 5.56 Å². The Kier molecular flexibility index (Phi) is 5.24. The van der Waals surface area contributed by atoms with Crippen molar-refractivity contribution in [2.24, 2.45) is 0 Å². The molecule has 0 amide bonds. The number of nitrogens with zero attached hydrogens (tertiary/aromatic N) is 4. The number of nitrogens with one attached hydrogen (secondary N) is 1. The fourth-order valence-electron chi connectivity index (χ4n) is 2.72. The maximum atomic E-state index is 12.4. The number of aryl methyl sites for hydroxylation is 3. The van der Waals surface area contributed by atoms with E-state index in [1.807, 2.05) is 32.9 Å². The van der Waals surface area contributed by atoms with Gasteiger partial charge in [0.1, 0.15) is 0 Å². The molecule has 0 unspecified atom stereocenters. The zero-order valence-corrected chi connectivity index (χ0v) is 16.2. The van der Waals surface area contributed by atoms with Crippen LogP contribution in [-0.2, 0) is 16.6 Å². The van der Waals surface area contributed by atoms with Crippen molar-refractivity contribution in [3.05, 3.63) is 69.8 Å². The Morgan fingerprint density at radius 1 is 1.04 bits per heavy atom. The molecule has 0 bridgehead atoms. The first kappa shape index (κ1) is 19.0. The smallest absolute Gasteiger partial charge is 0.266 e. The predicted octanol–water partition coefficient (Wildman–Crippen LogP) is 1.33. The van der Waals surface area contributed by atoms with E-state index < -0.39 is 10.0 Å². The molecule has 0 atom stereocenters. The van der Waals surface area contributed by atoms with Gasteiger partial charge in [-0.2, -0.15) is 5.10 Å². The summed E-state index contributed by atoms with van der Waals surface area (Å²) in [5.41, 5.74) is 2.28. The highest BCUT2D eigenvalue weighted by Gasteiger charge is 2.14. The molecule has 0 aliphatic heterocycles. The molecule has 9 heteroatoms. The molecule has 0 saturated heterocycles. The van der Waals surface area contributed by atoms with Crippen LogP contribution < -0.4 is 10.3 Å². The molecule has 0 saturated carbocycles. The van der Waals surface area contributed by atoms with Crippen LogP contribution >= 0.6 is 0 Å². The first-order chi connectivity index (χ1) is 12.8. The molecule has 0 spiro atoms. The summed E-state index contributed by atoms with van der Waals surface area (Å²) in [5, 5.41) is 8.64. The molecular weight excluding hydrogens is 366 g/mol. The van der Waals surface area contributed by atoms with E-state index in [4.69, 9.17) is 0 Å². The number of rotatable bonds is 6. The van der Waals surface area contributed by atoms with Gasteiger partial charge in [-0.1, -0.05) is 12.1 Å². The molecule has 3 aromatic rings. The summed E-state index contributed by atoms with van der Waals surface area (Å²) in [6.45, 7) is 5.75. The van der Waals surface area contributed by atoms with Gasteiger partial charge in [-0.3, -0.25) is 4.79 Å². The maximum Gasteiger partial charge on any atom is 0.266 e. The third-order valence-corrected chi connectivity index (χ3v) is 5.45. The molecule has 142 valence electrons. The van der Waals surface area contributed by atoms with Crippen molar-refractivity contribution in [2.75, 3.05) is 6.54 Å². The van der Waals surface area contributed by atoms with Gasteiger partial charge in [-0.25, -0.2) is 22.5 Å². The van der Waals surface area contributed by atoms with E-state index in [-0.39, 0.29) is 23.5 Å². The molecule has 8 nitrogen and oxygen atoms in total. The number of hydrogen-bond donors (Lipinski definition) is 1. The van der Waals surface area contributed by atoms with E-state index >= 15 is 0 Å². The van der Waals surface area contributed by atoms with Crippen LogP contribution in [0.15, 0.2) is 52.2 Å². The van der Waals surface area contributed by atoms with Gasteiger partial charge in [0.2, 0.25) is 10.0 Å². The molecule has 27 heavy (non-hydrogen) atoms. The lowest BCUT2D eigenvalue weighted by Crippen LogP contribution is -2.32. The summed E-state index contributed by atoms with van der Waals surface area (Å²) in [5.74, 6) is 0.502. The van der Waals surface area contributed by atoms with E-state index in [1.165, 1.54) is 16.8 Å². The van der Waals surface area contributed by atoms with Crippen LogP contribution in [0.3, 0.4) is 0 Å². The zero-order valence-electron chi connectivity index (χ0n) is 15.4. The second kappa shape index (κ2) is 7.45. The van der Waals surface area contributed by atoms with Crippen LogP contribution in [-0.4, -0.2) is 34.5 Å². The van der Waals surface area contributed by atoms with Crippen LogP contribution in [0.2, 0.25) is 0 Å². The highest BCUT2D eigenvalue weighted by Crippen LogP contribution is 2.10. The van der Waals surface area contributed by atoms with Crippen molar-refractivity contribution >= 4 is 10.0 Å². The summed E-state index contributed by atoms with van der Waals surface area (Å²) in [6, 6.07) is 11.5. The minimum Gasteiger partial charge on any atom is -0.268 e. The van der Waals surface area contributed by atoms with Crippen molar-refractivity contribution in [3.63, 3.8) is 0 Å². The molecule has 2 heterocycles. The minimum absolute atomic E-state index is 0.0454. The lowest BCUT2D eigenvalue weighted by atomic mass is 10.2. The third kappa shape index (κ3) is 4.32. The average Bonchev–Trinajstić information content (AvgIpc) is 2.95. The van der Waals surface area contributed by atoms with Crippen LogP contribution in [0, 0.1) is 20.8 Å². The van der Waals surface area contributed by atoms with Crippen LogP contribution in [0.4, 0.5) is 0 Å². The van der Waals surface area contributed by atoms with Crippen molar-refractivity contribution < 1.29 is 8.42 Å². The van der Waals surface area contributed by atoms with Crippen molar-refractivity contribution in [1.29, 1.82) is 0 Å².